The molecule has 0 saturated carbocycles. The van der Waals surface area contributed by atoms with Crippen molar-refractivity contribution in [1.29, 1.82) is 0 Å². The summed E-state index contributed by atoms with van der Waals surface area (Å²) in [5, 5.41) is 20.0. The molecule has 1 aromatic heterocycles. The smallest absolute Gasteiger partial charge is 0.335 e. The summed E-state index contributed by atoms with van der Waals surface area (Å²) in [6.45, 7) is 0. The van der Waals surface area contributed by atoms with Gasteiger partial charge in [-0.3, -0.25) is 0 Å². The van der Waals surface area contributed by atoms with Gasteiger partial charge in [0, 0.05) is 6.42 Å². The van der Waals surface area contributed by atoms with Gasteiger partial charge in [-0.25, -0.2) is 13.2 Å². The van der Waals surface area contributed by atoms with Crippen LogP contribution < -0.4 is 0 Å². The molecule has 0 amide bonds. The first kappa shape index (κ1) is 18.7. The first-order valence-electron chi connectivity index (χ1n) is 7.43. The second-order valence-corrected chi connectivity index (χ2v) is 7.07. The molecule has 0 aliphatic rings. The van der Waals surface area contributed by atoms with Crippen molar-refractivity contribution in [3.05, 3.63) is 42.5 Å². The zero-order chi connectivity index (χ0) is 18.3. The van der Waals surface area contributed by atoms with E-state index in [4.69, 9.17) is 0 Å². The highest BCUT2D eigenvalue weighted by atomic mass is 32.2. The Bertz CT molecular complexity index is 833. The van der Waals surface area contributed by atoms with E-state index in [2.05, 4.69) is 20.3 Å². The third kappa shape index (κ3) is 4.94. The lowest BCUT2D eigenvalue weighted by Crippen LogP contribution is -2.20. The van der Waals surface area contributed by atoms with Crippen LogP contribution in [0, 0.1) is 0 Å². The molecule has 0 radical (unpaired) electrons. The van der Waals surface area contributed by atoms with Crippen molar-refractivity contribution in [3.8, 4) is 5.69 Å². The van der Waals surface area contributed by atoms with E-state index in [9.17, 15) is 18.3 Å². The van der Waals surface area contributed by atoms with Crippen molar-refractivity contribution < 1.29 is 23.1 Å². The predicted octanol–water partition coefficient (Wildman–Crippen LogP) is 0.306. The summed E-state index contributed by atoms with van der Waals surface area (Å²) < 4.78 is 30.4. The number of allylic oxidation sites excluding steroid dienone is 1. The number of esters is 1. The number of hydrogen-bond acceptors (Lipinski definition) is 8. The number of aliphatic hydroxyl groups excluding tert-OH is 1. The van der Waals surface area contributed by atoms with Crippen molar-refractivity contribution in [2.75, 3.05) is 12.9 Å². The van der Waals surface area contributed by atoms with Crippen molar-refractivity contribution in [2.45, 2.75) is 24.1 Å². The molecule has 25 heavy (non-hydrogen) atoms. The summed E-state index contributed by atoms with van der Waals surface area (Å²) >= 11 is 0. The average Bonchev–Trinajstić information content (AvgIpc) is 3.12. The van der Waals surface area contributed by atoms with Gasteiger partial charge in [-0.15, -0.1) is 0 Å². The number of rotatable bonds is 8. The summed E-state index contributed by atoms with van der Waals surface area (Å²) in [5.41, 5.74) is 0.544. The van der Waals surface area contributed by atoms with Crippen LogP contribution in [0.25, 0.3) is 5.69 Å². The number of benzene rings is 1. The first-order chi connectivity index (χ1) is 12.0. The van der Waals surface area contributed by atoms with Gasteiger partial charge in [0.2, 0.25) is 9.84 Å². The van der Waals surface area contributed by atoms with E-state index in [0.717, 1.165) is 0 Å². The van der Waals surface area contributed by atoms with Gasteiger partial charge in [0.1, 0.15) is 0 Å². The Labute approximate surface area is 144 Å². The van der Waals surface area contributed by atoms with E-state index in [1.54, 1.807) is 36.4 Å². The average molecular weight is 366 g/mol. The van der Waals surface area contributed by atoms with E-state index >= 15 is 0 Å². The number of nitrogens with zero attached hydrogens (tertiary/aromatic N) is 4. The molecule has 134 valence electrons. The molecule has 10 heteroatoms. The quantitative estimate of drug-likeness (QED) is 0.523. The van der Waals surface area contributed by atoms with Crippen LogP contribution in [0.1, 0.15) is 12.8 Å². The fourth-order valence-corrected chi connectivity index (χ4v) is 3.19. The Morgan fingerprint density at radius 1 is 1.32 bits per heavy atom. The molecule has 1 heterocycles. The molecule has 1 atom stereocenters. The van der Waals surface area contributed by atoms with Gasteiger partial charge in [0.05, 0.1) is 18.6 Å². The monoisotopic (exact) mass is 366 g/mol. The molecule has 9 nitrogen and oxygen atoms in total. The Hall–Kier alpha value is -2.59. The molecule has 0 unspecified atom stereocenters. The minimum absolute atomic E-state index is 0.0501. The van der Waals surface area contributed by atoms with Crippen LogP contribution in [0.15, 0.2) is 47.6 Å². The van der Waals surface area contributed by atoms with Crippen LogP contribution in [0.3, 0.4) is 0 Å². The molecule has 0 aliphatic carbocycles. The summed E-state index contributed by atoms with van der Waals surface area (Å²) in [6, 6.07) is 8.70. The van der Waals surface area contributed by atoms with Crippen molar-refractivity contribution in [1.82, 2.24) is 20.2 Å². The molecular weight excluding hydrogens is 348 g/mol. The summed E-state index contributed by atoms with van der Waals surface area (Å²) in [4.78, 5) is 11.0. The maximum atomic E-state index is 12.4. The maximum absolute atomic E-state index is 12.4. The molecular formula is C15H18N4O5S. The van der Waals surface area contributed by atoms with E-state index < -0.39 is 21.9 Å². The molecule has 1 aromatic carbocycles. The van der Waals surface area contributed by atoms with Crippen molar-refractivity contribution in [2.24, 2.45) is 0 Å². The lowest BCUT2D eigenvalue weighted by atomic mass is 10.2. The van der Waals surface area contributed by atoms with Gasteiger partial charge in [-0.1, -0.05) is 35.4 Å². The zero-order valence-corrected chi connectivity index (χ0v) is 14.3. The van der Waals surface area contributed by atoms with Crippen LogP contribution in [-0.4, -0.2) is 58.7 Å². The van der Waals surface area contributed by atoms with Crippen LogP contribution in [0.5, 0.6) is 0 Å². The summed E-state index contributed by atoms with van der Waals surface area (Å²) in [6.07, 6.45) is 2.08. The van der Waals surface area contributed by atoms with Crippen LogP contribution in [0.2, 0.25) is 0 Å². The number of tetrazole rings is 1. The number of hydrogen-bond donors (Lipinski definition) is 1. The van der Waals surface area contributed by atoms with Gasteiger partial charge in [-0.05, 0) is 29.0 Å². The van der Waals surface area contributed by atoms with Crippen molar-refractivity contribution >= 4 is 15.8 Å². The predicted molar refractivity (Wildman–Crippen MR) is 87.6 cm³/mol. The summed E-state index contributed by atoms with van der Waals surface area (Å²) in [7, 11) is -2.52. The lowest BCUT2D eigenvalue weighted by molar-refractivity contribution is -0.150. The van der Waals surface area contributed by atoms with Gasteiger partial charge in [-0.2, -0.15) is 4.68 Å². The fourth-order valence-electron chi connectivity index (χ4n) is 1.99. The number of para-hydroxylation sites is 1. The Kier molecular flexibility index (Phi) is 6.37. The molecule has 2 aromatic rings. The second-order valence-electron chi connectivity index (χ2n) is 5.06. The van der Waals surface area contributed by atoms with E-state index in [-0.39, 0.29) is 23.8 Å². The zero-order valence-electron chi connectivity index (χ0n) is 13.5. The number of methoxy groups -OCH3 is 1. The van der Waals surface area contributed by atoms with Crippen LogP contribution in [0.4, 0.5) is 0 Å². The highest BCUT2D eigenvalue weighted by molar-refractivity contribution is 7.91. The third-order valence-corrected chi connectivity index (χ3v) is 4.86. The topological polar surface area (TPSA) is 124 Å². The van der Waals surface area contributed by atoms with Gasteiger partial charge in [0.25, 0.3) is 5.16 Å². The third-order valence-electron chi connectivity index (χ3n) is 3.27. The minimum atomic E-state index is -3.70. The first-order valence-corrected chi connectivity index (χ1v) is 9.08. The molecule has 0 saturated heterocycles. The van der Waals surface area contributed by atoms with Crippen molar-refractivity contribution in [3.63, 3.8) is 0 Å². The molecule has 0 aliphatic heterocycles. The van der Waals surface area contributed by atoms with E-state index in [1.165, 1.54) is 17.9 Å². The Morgan fingerprint density at radius 2 is 2.04 bits per heavy atom. The summed E-state index contributed by atoms with van der Waals surface area (Å²) in [5.74, 6) is -0.940. The standard InChI is InChI=1S/C15H18N4O5S/c1-24-14(21)13(20)10-6-3-7-11-25(22,23)15-16-17-18-19(15)12-8-4-2-5-9-12/h2-6,8-9,13,20H,7,10-11H2,1H3/b6-3-/t13-/m1/s1. The van der Waals surface area contributed by atoms with Crippen LogP contribution in [-0.2, 0) is 19.4 Å². The maximum Gasteiger partial charge on any atom is 0.335 e. The highest BCUT2D eigenvalue weighted by Crippen LogP contribution is 2.13. The number of aromatic nitrogens is 4. The Balaban J connectivity index is 1.99. The van der Waals surface area contributed by atoms with E-state index in [1.807, 2.05) is 0 Å². The van der Waals surface area contributed by atoms with E-state index in [0.29, 0.717) is 5.69 Å². The fraction of sp³-hybridized carbons (Fsp3) is 0.333. The molecule has 2 rings (SSSR count). The number of carbonyl (C=O) groups is 1. The normalized spacial score (nSPS) is 13.0. The van der Waals surface area contributed by atoms with Gasteiger partial charge >= 0.3 is 5.97 Å². The molecule has 0 fully saturated rings. The molecule has 0 bridgehead atoms. The number of sulfone groups is 1. The lowest BCUT2D eigenvalue weighted by Gasteiger charge is -2.05. The molecule has 1 N–H and O–H groups in total. The van der Waals surface area contributed by atoms with Gasteiger partial charge in [0.15, 0.2) is 6.10 Å². The molecule has 0 spiro atoms. The van der Waals surface area contributed by atoms with Gasteiger partial charge < -0.3 is 9.84 Å². The second kappa shape index (κ2) is 8.49. The largest absolute Gasteiger partial charge is 0.467 e. The van der Waals surface area contributed by atoms with Crippen LogP contribution >= 0.6 is 0 Å². The highest BCUT2D eigenvalue weighted by Gasteiger charge is 2.23. The Morgan fingerprint density at radius 3 is 2.72 bits per heavy atom. The number of aliphatic hydroxyl groups is 1. The number of carbonyl (C=O) groups excluding carboxylic acids is 1. The SMILES string of the molecule is COC(=O)[C@H](O)C/C=C\CCS(=O)(=O)c1nnnn1-c1ccccc1. The number of ether oxygens (including phenoxy) is 1. The minimum Gasteiger partial charge on any atom is -0.467 e.